The van der Waals surface area contributed by atoms with Crippen molar-refractivity contribution in [2.75, 3.05) is 11.5 Å². The van der Waals surface area contributed by atoms with Gasteiger partial charge in [0.15, 0.2) is 9.84 Å². The molecule has 0 aromatic carbocycles. The lowest BCUT2D eigenvalue weighted by Crippen LogP contribution is -2.56. The molecule has 1 atom stereocenters. The Hall–Kier alpha value is -0.600. The first-order chi connectivity index (χ1) is 8.85. The Bertz CT molecular complexity index is 540. The van der Waals surface area contributed by atoms with Crippen molar-refractivity contribution in [1.82, 2.24) is 0 Å². The zero-order valence-electron chi connectivity index (χ0n) is 12.9. The van der Waals surface area contributed by atoms with Gasteiger partial charge in [0.05, 0.1) is 23.2 Å². The van der Waals surface area contributed by atoms with Gasteiger partial charge in [-0.25, -0.2) is 8.42 Å². The van der Waals surface area contributed by atoms with Crippen molar-refractivity contribution in [3.8, 4) is 6.07 Å². The number of rotatable bonds is 1. The first-order valence-corrected chi connectivity index (χ1v) is 9.01. The monoisotopic (exact) mass is 299 g/mol. The van der Waals surface area contributed by atoms with Crippen LogP contribution < -0.4 is 0 Å². The summed E-state index contributed by atoms with van der Waals surface area (Å²) in [5.41, 5.74) is -2.53. The number of nitriles is 1. The minimum absolute atomic E-state index is 0.0176. The summed E-state index contributed by atoms with van der Waals surface area (Å²) in [5, 5.41) is 20.9. The Labute approximate surface area is 122 Å². The van der Waals surface area contributed by atoms with E-state index >= 15 is 0 Å². The van der Waals surface area contributed by atoms with E-state index in [4.69, 9.17) is 0 Å². The van der Waals surface area contributed by atoms with E-state index in [0.717, 1.165) is 6.42 Å². The van der Waals surface area contributed by atoms with Crippen LogP contribution in [0.2, 0.25) is 0 Å². The van der Waals surface area contributed by atoms with Gasteiger partial charge in [-0.15, -0.1) is 0 Å². The summed E-state index contributed by atoms with van der Waals surface area (Å²) in [7, 11) is -3.21. The zero-order valence-corrected chi connectivity index (χ0v) is 13.7. The molecule has 1 aliphatic carbocycles. The third kappa shape index (κ3) is 2.60. The molecule has 114 valence electrons. The highest BCUT2D eigenvalue weighted by Gasteiger charge is 2.61. The fourth-order valence-electron chi connectivity index (χ4n) is 4.81. The smallest absolute Gasteiger partial charge is 0.152 e. The van der Waals surface area contributed by atoms with E-state index in [1.165, 1.54) is 0 Å². The topological polar surface area (TPSA) is 78.2 Å². The summed E-state index contributed by atoms with van der Waals surface area (Å²) in [6.07, 6.45) is 2.21. The molecule has 2 fully saturated rings. The molecule has 0 aromatic heterocycles. The molecule has 0 spiro atoms. The molecule has 0 aromatic rings. The predicted octanol–water partition coefficient (Wildman–Crippen LogP) is 2.28. The fourth-order valence-corrected chi connectivity index (χ4v) is 6.85. The van der Waals surface area contributed by atoms with Gasteiger partial charge in [-0.1, -0.05) is 27.7 Å². The molecule has 1 N–H and O–H groups in total. The Kier molecular flexibility index (Phi) is 3.32. The van der Waals surface area contributed by atoms with Gasteiger partial charge in [0.25, 0.3) is 0 Å². The molecule has 20 heavy (non-hydrogen) atoms. The van der Waals surface area contributed by atoms with Crippen molar-refractivity contribution < 1.29 is 13.5 Å². The molecular weight excluding hydrogens is 274 g/mol. The van der Waals surface area contributed by atoms with Gasteiger partial charge >= 0.3 is 0 Å². The van der Waals surface area contributed by atoms with Crippen LogP contribution in [-0.4, -0.2) is 30.6 Å². The molecule has 5 heteroatoms. The van der Waals surface area contributed by atoms with Gasteiger partial charge in [-0.05, 0) is 36.5 Å². The second-order valence-electron chi connectivity index (χ2n) is 8.43. The van der Waals surface area contributed by atoms with Gasteiger partial charge < -0.3 is 5.11 Å². The van der Waals surface area contributed by atoms with Crippen LogP contribution >= 0.6 is 0 Å². The van der Waals surface area contributed by atoms with Crippen LogP contribution in [0.4, 0.5) is 0 Å². The summed E-state index contributed by atoms with van der Waals surface area (Å²) >= 11 is 0. The van der Waals surface area contributed by atoms with Crippen molar-refractivity contribution in [3.05, 3.63) is 0 Å². The zero-order chi connectivity index (χ0) is 15.4. The van der Waals surface area contributed by atoms with Gasteiger partial charge in [-0.3, -0.25) is 0 Å². The second-order valence-corrected chi connectivity index (χ2v) is 10.6. The lowest BCUT2D eigenvalue weighted by atomic mass is 9.53. The number of nitrogens with zero attached hydrogens (tertiary/aromatic N) is 1. The normalized spacial score (nSPS) is 37.2. The third-order valence-electron chi connectivity index (χ3n) is 4.91. The van der Waals surface area contributed by atoms with Crippen LogP contribution in [0, 0.1) is 27.6 Å². The molecule has 2 aliphatic rings. The van der Waals surface area contributed by atoms with Crippen LogP contribution in [0.15, 0.2) is 0 Å². The molecule has 1 saturated carbocycles. The maximum atomic E-state index is 11.9. The summed E-state index contributed by atoms with van der Waals surface area (Å²) in [4.78, 5) is 0. The maximum absolute atomic E-state index is 11.9. The number of hydrogen-bond acceptors (Lipinski definition) is 4. The molecule has 1 saturated heterocycles. The Balaban J connectivity index is 2.46. The summed E-state index contributed by atoms with van der Waals surface area (Å²) < 4.78 is 23.7. The average molecular weight is 299 g/mol. The molecule has 0 amide bonds. The van der Waals surface area contributed by atoms with Crippen molar-refractivity contribution in [3.63, 3.8) is 0 Å². The molecule has 4 nitrogen and oxygen atoms in total. The highest BCUT2D eigenvalue weighted by atomic mass is 32.2. The summed E-state index contributed by atoms with van der Waals surface area (Å²) in [5.74, 6) is -0.178. The van der Waals surface area contributed by atoms with Crippen molar-refractivity contribution in [2.24, 2.45) is 16.2 Å². The maximum Gasteiger partial charge on any atom is 0.152 e. The van der Waals surface area contributed by atoms with E-state index in [2.05, 4.69) is 33.8 Å². The van der Waals surface area contributed by atoms with E-state index in [9.17, 15) is 18.8 Å². The van der Waals surface area contributed by atoms with Gasteiger partial charge in [0.1, 0.15) is 5.41 Å². The van der Waals surface area contributed by atoms with Gasteiger partial charge in [-0.2, -0.15) is 5.26 Å². The fraction of sp³-hybridized carbons (Fsp3) is 0.933. The van der Waals surface area contributed by atoms with Gasteiger partial charge in [0.2, 0.25) is 0 Å². The summed E-state index contributed by atoms with van der Waals surface area (Å²) in [6, 6.07) is 2.19. The largest absolute Gasteiger partial charge is 0.388 e. The van der Waals surface area contributed by atoms with E-state index in [-0.39, 0.29) is 28.8 Å². The van der Waals surface area contributed by atoms with Crippen LogP contribution in [0.1, 0.15) is 53.4 Å². The highest BCUT2D eigenvalue weighted by Crippen LogP contribution is 2.58. The Morgan fingerprint density at radius 3 is 1.90 bits per heavy atom. The third-order valence-corrected chi connectivity index (χ3v) is 6.67. The lowest BCUT2D eigenvalue weighted by molar-refractivity contribution is -0.138. The van der Waals surface area contributed by atoms with E-state index in [1.807, 2.05) is 0 Å². The quantitative estimate of drug-likeness (QED) is 0.805. The minimum atomic E-state index is -3.21. The SMILES string of the molecule is CC1(C)CC(C)(C)CC(O)(C2(C#N)CCS(=O)(=O)C2)C1. The lowest BCUT2D eigenvalue weighted by Gasteiger charge is -2.54. The second kappa shape index (κ2) is 4.20. The Morgan fingerprint density at radius 2 is 1.55 bits per heavy atom. The average Bonchev–Trinajstić information content (AvgIpc) is 2.50. The first-order valence-electron chi connectivity index (χ1n) is 7.19. The molecule has 1 aliphatic heterocycles. The van der Waals surface area contributed by atoms with Crippen molar-refractivity contribution in [2.45, 2.75) is 59.0 Å². The van der Waals surface area contributed by atoms with Crippen LogP contribution in [0.3, 0.4) is 0 Å². The van der Waals surface area contributed by atoms with E-state index in [0.29, 0.717) is 12.8 Å². The first kappa shape index (κ1) is 15.8. The molecule has 1 heterocycles. The Morgan fingerprint density at radius 1 is 1.05 bits per heavy atom. The van der Waals surface area contributed by atoms with Crippen molar-refractivity contribution in [1.29, 1.82) is 5.26 Å². The molecule has 0 bridgehead atoms. The molecular formula is C15H25NO3S. The van der Waals surface area contributed by atoms with Crippen LogP contribution in [0.5, 0.6) is 0 Å². The molecule has 2 rings (SSSR count). The predicted molar refractivity (Wildman–Crippen MR) is 77.7 cm³/mol. The number of sulfone groups is 1. The van der Waals surface area contributed by atoms with Crippen LogP contribution in [0.25, 0.3) is 0 Å². The summed E-state index contributed by atoms with van der Waals surface area (Å²) in [6.45, 7) is 8.36. The molecule has 1 unspecified atom stereocenters. The number of hydrogen-bond donors (Lipinski definition) is 1. The number of aliphatic hydroxyl groups is 1. The van der Waals surface area contributed by atoms with Crippen molar-refractivity contribution >= 4 is 9.84 Å². The van der Waals surface area contributed by atoms with E-state index in [1.54, 1.807) is 0 Å². The van der Waals surface area contributed by atoms with Crippen LogP contribution in [-0.2, 0) is 9.84 Å². The molecule has 0 radical (unpaired) electrons. The highest BCUT2D eigenvalue weighted by molar-refractivity contribution is 7.91. The van der Waals surface area contributed by atoms with E-state index < -0.39 is 20.9 Å². The van der Waals surface area contributed by atoms with Gasteiger partial charge in [0, 0.05) is 0 Å². The standard InChI is InChI=1S/C15H25NO3S/c1-12(2)7-13(3,4)9-15(17,8-12)14(10-16)5-6-20(18,19)11-14/h17H,5-9,11H2,1-4H3. The minimum Gasteiger partial charge on any atom is -0.388 e.